The maximum Gasteiger partial charge on any atom is 0.293 e. The summed E-state index contributed by atoms with van der Waals surface area (Å²) in [5, 5.41) is 8.79. The number of nitrogens with two attached hydrogens (primary N) is 1. The van der Waals surface area contributed by atoms with Gasteiger partial charge < -0.3 is 11.1 Å². The minimum Gasteiger partial charge on any atom is -0.366 e. The number of imidazole rings is 1. The predicted molar refractivity (Wildman–Crippen MR) is 74.8 cm³/mol. The van der Waals surface area contributed by atoms with Crippen molar-refractivity contribution in [3.8, 4) is 5.82 Å². The maximum atomic E-state index is 12.1. The third-order valence-electron chi connectivity index (χ3n) is 2.81. The average Bonchev–Trinajstić information content (AvgIpc) is 3.08. The fraction of sp³-hybridized carbons (Fsp3) is 0.0833. The molecular weight excluding hydrogens is 272 g/mol. The third-order valence-corrected chi connectivity index (χ3v) is 2.81. The fourth-order valence-corrected chi connectivity index (χ4v) is 1.85. The summed E-state index contributed by atoms with van der Waals surface area (Å²) >= 11 is 0. The van der Waals surface area contributed by atoms with Crippen LogP contribution in [0.3, 0.4) is 0 Å². The summed E-state index contributed by atoms with van der Waals surface area (Å²) in [5.41, 5.74) is 5.90. The van der Waals surface area contributed by atoms with Crippen LogP contribution in [0.2, 0.25) is 0 Å². The second kappa shape index (κ2) is 5.04. The van der Waals surface area contributed by atoms with Gasteiger partial charge in [-0.05, 0) is 19.1 Å². The number of anilines is 2. The fourth-order valence-electron chi connectivity index (χ4n) is 1.85. The molecule has 0 bridgehead atoms. The lowest BCUT2D eigenvalue weighted by molar-refractivity contribution is 0.101. The number of aromatic nitrogens is 6. The van der Waals surface area contributed by atoms with Gasteiger partial charge in [-0.1, -0.05) is 0 Å². The molecule has 3 aromatic heterocycles. The van der Waals surface area contributed by atoms with Crippen molar-refractivity contribution < 1.29 is 4.79 Å². The molecular formula is C12H12N8O. The summed E-state index contributed by atoms with van der Waals surface area (Å²) in [4.78, 5) is 24.3. The highest BCUT2D eigenvalue weighted by atomic mass is 16.2. The topological polar surface area (TPSA) is 127 Å². The standard InChI is InChI=1S/C12H12N8O/c1-7-14-5-6-20(7)10-8(3-2-4-15-10)16-11(21)9-17-12(13)19-18-9/h2-6H,1H3,(H,16,21)(H3,13,17,18,19). The Morgan fingerprint density at radius 3 is 2.90 bits per heavy atom. The molecule has 0 fully saturated rings. The predicted octanol–water partition coefficient (Wildman–Crippen LogP) is 0.528. The van der Waals surface area contributed by atoms with E-state index in [0.717, 1.165) is 5.82 Å². The van der Waals surface area contributed by atoms with E-state index in [4.69, 9.17) is 5.73 Å². The highest BCUT2D eigenvalue weighted by Gasteiger charge is 2.15. The first-order valence-corrected chi connectivity index (χ1v) is 6.09. The quantitative estimate of drug-likeness (QED) is 0.643. The number of hydrogen-bond donors (Lipinski definition) is 3. The van der Waals surface area contributed by atoms with Crippen molar-refractivity contribution in [2.75, 3.05) is 11.1 Å². The van der Waals surface area contributed by atoms with Crippen LogP contribution in [0.1, 0.15) is 16.4 Å². The van der Waals surface area contributed by atoms with Crippen molar-refractivity contribution in [1.82, 2.24) is 29.7 Å². The number of aryl methyl sites for hydroxylation is 1. The summed E-state index contributed by atoms with van der Waals surface area (Å²) < 4.78 is 1.77. The smallest absolute Gasteiger partial charge is 0.293 e. The van der Waals surface area contributed by atoms with Gasteiger partial charge in [0.25, 0.3) is 5.91 Å². The molecule has 0 unspecified atom stereocenters. The lowest BCUT2D eigenvalue weighted by Gasteiger charge is -2.10. The van der Waals surface area contributed by atoms with Gasteiger partial charge in [0.2, 0.25) is 11.8 Å². The molecule has 0 saturated carbocycles. The Kier molecular flexibility index (Phi) is 3.07. The molecule has 1 amide bonds. The van der Waals surface area contributed by atoms with Crippen LogP contribution >= 0.6 is 0 Å². The first-order valence-electron chi connectivity index (χ1n) is 6.09. The minimum absolute atomic E-state index is 0.0111. The monoisotopic (exact) mass is 284 g/mol. The Hall–Kier alpha value is -3.23. The van der Waals surface area contributed by atoms with E-state index in [2.05, 4.69) is 30.5 Å². The number of carbonyl (C=O) groups excluding carboxylic acids is 1. The molecule has 0 atom stereocenters. The largest absolute Gasteiger partial charge is 0.366 e. The van der Waals surface area contributed by atoms with E-state index >= 15 is 0 Å². The number of aromatic amines is 1. The lowest BCUT2D eigenvalue weighted by Crippen LogP contribution is -2.16. The van der Waals surface area contributed by atoms with E-state index in [9.17, 15) is 4.79 Å². The van der Waals surface area contributed by atoms with Crippen molar-refractivity contribution >= 4 is 17.5 Å². The second-order valence-corrected chi connectivity index (χ2v) is 4.22. The van der Waals surface area contributed by atoms with Crippen LogP contribution in [0.15, 0.2) is 30.7 Å². The minimum atomic E-state index is -0.453. The molecule has 0 saturated heterocycles. The van der Waals surface area contributed by atoms with Gasteiger partial charge in [0, 0.05) is 18.6 Å². The number of rotatable bonds is 3. The normalized spacial score (nSPS) is 10.5. The van der Waals surface area contributed by atoms with Gasteiger partial charge in [-0.15, -0.1) is 5.10 Å². The molecule has 9 heteroatoms. The van der Waals surface area contributed by atoms with E-state index in [1.54, 1.807) is 35.3 Å². The van der Waals surface area contributed by atoms with Gasteiger partial charge in [0.15, 0.2) is 5.82 Å². The zero-order valence-corrected chi connectivity index (χ0v) is 11.1. The van der Waals surface area contributed by atoms with Crippen molar-refractivity contribution in [3.63, 3.8) is 0 Å². The molecule has 3 heterocycles. The molecule has 9 nitrogen and oxygen atoms in total. The summed E-state index contributed by atoms with van der Waals surface area (Å²) in [6.45, 7) is 1.84. The maximum absolute atomic E-state index is 12.1. The Bertz CT molecular complexity index is 790. The number of carbonyl (C=O) groups is 1. The van der Waals surface area contributed by atoms with Crippen molar-refractivity contribution in [2.45, 2.75) is 6.92 Å². The number of nitrogens with zero attached hydrogens (tertiary/aromatic N) is 5. The van der Waals surface area contributed by atoms with Gasteiger partial charge in [-0.25, -0.2) is 9.97 Å². The summed E-state index contributed by atoms with van der Waals surface area (Å²) in [7, 11) is 0. The van der Waals surface area contributed by atoms with Crippen LogP contribution in [-0.4, -0.2) is 35.6 Å². The number of nitrogen functional groups attached to an aromatic ring is 1. The van der Waals surface area contributed by atoms with E-state index in [1.165, 1.54) is 0 Å². The number of nitrogens with one attached hydrogen (secondary N) is 2. The van der Waals surface area contributed by atoms with Crippen LogP contribution in [0.5, 0.6) is 0 Å². The third kappa shape index (κ3) is 2.43. The Morgan fingerprint density at radius 2 is 2.24 bits per heavy atom. The molecule has 106 valence electrons. The summed E-state index contributed by atoms with van der Waals surface area (Å²) in [6.07, 6.45) is 5.06. The highest BCUT2D eigenvalue weighted by Crippen LogP contribution is 2.18. The number of amides is 1. The van der Waals surface area contributed by atoms with Crippen molar-refractivity contribution in [2.24, 2.45) is 0 Å². The molecule has 0 aliphatic carbocycles. The van der Waals surface area contributed by atoms with Gasteiger partial charge in [0.1, 0.15) is 5.82 Å². The first kappa shape index (κ1) is 12.8. The molecule has 0 spiro atoms. The van der Waals surface area contributed by atoms with Crippen molar-refractivity contribution in [3.05, 3.63) is 42.4 Å². The molecule has 0 radical (unpaired) electrons. The van der Waals surface area contributed by atoms with Crippen LogP contribution in [-0.2, 0) is 0 Å². The number of pyridine rings is 1. The Morgan fingerprint density at radius 1 is 1.38 bits per heavy atom. The molecule has 0 aliphatic heterocycles. The Labute approximate surface area is 119 Å². The zero-order chi connectivity index (χ0) is 14.8. The van der Waals surface area contributed by atoms with E-state index in [1.807, 2.05) is 6.92 Å². The average molecular weight is 284 g/mol. The van der Waals surface area contributed by atoms with Crippen LogP contribution in [0.25, 0.3) is 5.82 Å². The molecule has 0 aliphatic rings. The van der Waals surface area contributed by atoms with Crippen LogP contribution in [0.4, 0.5) is 11.6 Å². The molecule has 4 N–H and O–H groups in total. The number of hydrogen-bond acceptors (Lipinski definition) is 6. The van der Waals surface area contributed by atoms with E-state index < -0.39 is 5.91 Å². The van der Waals surface area contributed by atoms with E-state index in [0.29, 0.717) is 11.5 Å². The van der Waals surface area contributed by atoms with E-state index in [-0.39, 0.29) is 11.8 Å². The number of H-pyrrole nitrogens is 1. The van der Waals surface area contributed by atoms with Crippen LogP contribution < -0.4 is 11.1 Å². The van der Waals surface area contributed by atoms with Gasteiger partial charge in [0.05, 0.1) is 5.69 Å². The molecule has 21 heavy (non-hydrogen) atoms. The van der Waals surface area contributed by atoms with Gasteiger partial charge >= 0.3 is 0 Å². The lowest BCUT2D eigenvalue weighted by atomic mass is 10.3. The summed E-state index contributed by atoms with van der Waals surface area (Å²) in [5.74, 6) is 0.911. The zero-order valence-electron chi connectivity index (χ0n) is 11.1. The second-order valence-electron chi connectivity index (χ2n) is 4.22. The Balaban J connectivity index is 1.93. The molecule has 0 aromatic carbocycles. The van der Waals surface area contributed by atoms with Gasteiger partial charge in [-0.3, -0.25) is 14.5 Å². The highest BCUT2D eigenvalue weighted by molar-refractivity contribution is 6.02. The van der Waals surface area contributed by atoms with Gasteiger partial charge in [-0.2, -0.15) is 4.98 Å². The SMILES string of the molecule is Cc1nccn1-c1ncccc1NC(=O)c1nc(N)n[nH]1. The van der Waals surface area contributed by atoms with Crippen LogP contribution in [0, 0.1) is 6.92 Å². The van der Waals surface area contributed by atoms with Crippen molar-refractivity contribution in [1.29, 1.82) is 0 Å². The molecule has 3 aromatic rings. The molecule has 3 rings (SSSR count). The summed E-state index contributed by atoms with van der Waals surface area (Å²) in [6, 6.07) is 3.46. The first-order chi connectivity index (χ1) is 10.1.